The number of hydrogen-bond acceptors (Lipinski definition) is 6. The van der Waals surface area contributed by atoms with E-state index in [0.29, 0.717) is 24.4 Å². The number of amides is 2. The Labute approximate surface area is 237 Å². The second-order valence-corrected chi connectivity index (χ2v) is 9.28. The van der Waals surface area contributed by atoms with Crippen molar-refractivity contribution >= 4 is 29.4 Å². The Morgan fingerprint density at radius 3 is 2.33 bits per heavy atom. The van der Waals surface area contributed by atoms with Gasteiger partial charge in [-0.3, -0.25) is 19.4 Å². The van der Waals surface area contributed by atoms with Crippen molar-refractivity contribution < 1.29 is 23.9 Å². The number of ether oxygens (including phenoxy) is 2. The smallest absolute Gasteiger partial charge is 0.307 e. The van der Waals surface area contributed by atoms with Gasteiger partial charge in [-0.2, -0.15) is 0 Å². The Balaban J connectivity index is 0.000000611. The van der Waals surface area contributed by atoms with Crippen molar-refractivity contribution in [2.24, 2.45) is 16.5 Å². The molecule has 1 heterocycles. The third-order valence-corrected chi connectivity index (χ3v) is 6.07. The van der Waals surface area contributed by atoms with Crippen LogP contribution in [-0.2, 0) is 20.9 Å². The van der Waals surface area contributed by atoms with E-state index in [1.165, 1.54) is 4.90 Å². The Bertz CT molecular complexity index is 1120. The van der Waals surface area contributed by atoms with E-state index in [1.807, 2.05) is 30.3 Å². The molecule has 0 atom stereocenters. The highest BCUT2D eigenvalue weighted by molar-refractivity contribution is 6.09. The quantitative estimate of drug-likeness (QED) is 0.166. The van der Waals surface area contributed by atoms with Crippen LogP contribution in [0.1, 0.15) is 68.8 Å². The van der Waals surface area contributed by atoms with Crippen LogP contribution in [0.4, 0.5) is 5.69 Å². The highest BCUT2D eigenvalue weighted by atomic mass is 16.5. The van der Waals surface area contributed by atoms with Crippen LogP contribution in [0.25, 0.3) is 0 Å². The first kappa shape index (κ1) is 32.1. The summed E-state index contributed by atoms with van der Waals surface area (Å²) in [5, 5.41) is 0. The van der Waals surface area contributed by atoms with Crippen LogP contribution in [0, 0.1) is 0 Å². The van der Waals surface area contributed by atoms with Crippen LogP contribution in [-0.4, -0.2) is 61.5 Å². The molecule has 218 valence electrons. The van der Waals surface area contributed by atoms with Gasteiger partial charge >= 0.3 is 5.97 Å². The summed E-state index contributed by atoms with van der Waals surface area (Å²) in [6.07, 6.45) is 4.33. The van der Waals surface area contributed by atoms with Gasteiger partial charge in [0.15, 0.2) is 5.96 Å². The molecule has 0 unspecified atom stereocenters. The van der Waals surface area contributed by atoms with Crippen LogP contribution < -0.4 is 21.1 Å². The number of aliphatic imine (C=N–C) groups is 1. The SMILES string of the molecule is CCCCN=C(N)N.CCCCOc1ccc(CN2C(=O)CN(CCC(=O)OCC)C(=O)c3ccccc32)cc1. The second kappa shape index (κ2) is 17.5. The van der Waals surface area contributed by atoms with Gasteiger partial charge in [-0.25, -0.2) is 0 Å². The number of nitrogens with two attached hydrogens (primary N) is 2. The molecular formula is C30H43N5O5. The number of esters is 1. The first-order valence-corrected chi connectivity index (χ1v) is 13.9. The molecule has 0 radical (unpaired) electrons. The van der Waals surface area contributed by atoms with Crippen LogP contribution >= 0.6 is 0 Å². The summed E-state index contributed by atoms with van der Waals surface area (Å²) in [5.41, 5.74) is 12.1. The molecular weight excluding hydrogens is 510 g/mol. The van der Waals surface area contributed by atoms with Gasteiger partial charge in [0.05, 0.1) is 37.4 Å². The van der Waals surface area contributed by atoms with Gasteiger partial charge in [0.2, 0.25) is 5.91 Å². The predicted octanol–water partition coefficient (Wildman–Crippen LogP) is 3.87. The molecule has 1 aliphatic heterocycles. The molecule has 1 aliphatic rings. The zero-order valence-electron chi connectivity index (χ0n) is 23.9. The lowest BCUT2D eigenvalue weighted by Crippen LogP contribution is -2.40. The number of unbranched alkanes of at least 4 members (excludes halogenated alkanes) is 2. The molecule has 0 aliphatic carbocycles. The average molecular weight is 554 g/mol. The fourth-order valence-corrected chi connectivity index (χ4v) is 3.90. The third-order valence-electron chi connectivity index (χ3n) is 6.07. The Kier molecular flexibility index (Phi) is 14.1. The number of rotatable bonds is 13. The fraction of sp³-hybridized carbons (Fsp3) is 0.467. The number of para-hydroxylation sites is 1. The minimum absolute atomic E-state index is 0.0501. The van der Waals surface area contributed by atoms with E-state index in [0.717, 1.165) is 43.5 Å². The maximum absolute atomic E-state index is 13.1. The van der Waals surface area contributed by atoms with Gasteiger partial charge in [-0.15, -0.1) is 0 Å². The Morgan fingerprint density at radius 2 is 1.68 bits per heavy atom. The average Bonchev–Trinajstić information content (AvgIpc) is 3.04. The van der Waals surface area contributed by atoms with Crippen LogP contribution in [0.3, 0.4) is 0 Å². The summed E-state index contributed by atoms with van der Waals surface area (Å²) in [5.74, 6) is 0.141. The highest BCUT2D eigenvalue weighted by Crippen LogP contribution is 2.28. The summed E-state index contributed by atoms with van der Waals surface area (Å²) in [6.45, 7) is 8.05. The first-order valence-electron chi connectivity index (χ1n) is 13.9. The number of fused-ring (bicyclic) bond motifs is 1. The van der Waals surface area contributed by atoms with E-state index in [2.05, 4.69) is 18.8 Å². The minimum atomic E-state index is -0.386. The van der Waals surface area contributed by atoms with E-state index in [9.17, 15) is 14.4 Å². The second-order valence-electron chi connectivity index (χ2n) is 9.28. The van der Waals surface area contributed by atoms with Gasteiger partial charge < -0.3 is 30.7 Å². The summed E-state index contributed by atoms with van der Waals surface area (Å²) >= 11 is 0. The molecule has 40 heavy (non-hydrogen) atoms. The topological polar surface area (TPSA) is 141 Å². The van der Waals surface area contributed by atoms with Gasteiger partial charge in [0, 0.05) is 13.1 Å². The molecule has 0 bridgehead atoms. The van der Waals surface area contributed by atoms with E-state index >= 15 is 0 Å². The molecule has 0 saturated carbocycles. The predicted molar refractivity (Wildman–Crippen MR) is 157 cm³/mol. The molecule has 2 aromatic carbocycles. The van der Waals surface area contributed by atoms with Crippen LogP contribution in [0.5, 0.6) is 5.75 Å². The molecule has 0 aromatic heterocycles. The highest BCUT2D eigenvalue weighted by Gasteiger charge is 2.31. The summed E-state index contributed by atoms with van der Waals surface area (Å²) in [6, 6.07) is 14.7. The van der Waals surface area contributed by atoms with Crippen LogP contribution in [0.2, 0.25) is 0 Å². The lowest BCUT2D eigenvalue weighted by Gasteiger charge is -2.23. The van der Waals surface area contributed by atoms with E-state index in [1.54, 1.807) is 30.0 Å². The number of nitrogens with zero attached hydrogens (tertiary/aromatic N) is 3. The van der Waals surface area contributed by atoms with Crippen LogP contribution in [0.15, 0.2) is 53.5 Å². The zero-order valence-corrected chi connectivity index (χ0v) is 23.9. The maximum Gasteiger partial charge on any atom is 0.307 e. The minimum Gasteiger partial charge on any atom is -0.494 e. The van der Waals surface area contributed by atoms with Gasteiger partial charge in [0.1, 0.15) is 12.3 Å². The molecule has 2 amide bonds. The van der Waals surface area contributed by atoms with Crippen molar-refractivity contribution in [3.8, 4) is 5.75 Å². The van der Waals surface area contributed by atoms with Crippen molar-refractivity contribution in [1.29, 1.82) is 0 Å². The molecule has 10 nitrogen and oxygen atoms in total. The van der Waals surface area contributed by atoms with Gasteiger partial charge in [-0.1, -0.05) is 51.0 Å². The molecule has 0 spiro atoms. The monoisotopic (exact) mass is 553 g/mol. The van der Waals surface area contributed by atoms with Crippen molar-refractivity contribution in [3.63, 3.8) is 0 Å². The molecule has 2 aromatic rings. The fourth-order valence-electron chi connectivity index (χ4n) is 3.90. The normalized spacial score (nSPS) is 12.6. The van der Waals surface area contributed by atoms with Crippen molar-refractivity contribution in [3.05, 3.63) is 59.7 Å². The number of hydrogen-bond donors (Lipinski definition) is 2. The standard InChI is InChI=1S/C25H30N2O5.C5H13N3/c1-3-5-16-32-20-12-10-19(11-13-20)17-27-22-9-7-6-8-21(22)25(30)26(18-23(27)28)15-14-24(29)31-4-2;1-2-3-4-8-5(6)7/h6-13H,3-5,14-18H2,1-2H3;2-4H2,1H3,(H4,6,7,8). The maximum atomic E-state index is 13.1. The van der Waals surface area contributed by atoms with E-state index in [-0.39, 0.29) is 49.9 Å². The van der Waals surface area contributed by atoms with Crippen molar-refractivity contribution in [2.45, 2.75) is 59.4 Å². The lowest BCUT2D eigenvalue weighted by molar-refractivity contribution is -0.143. The molecule has 10 heteroatoms. The van der Waals surface area contributed by atoms with E-state index in [4.69, 9.17) is 20.9 Å². The summed E-state index contributed by atoms with van der Waals surface area (Å²) in [7, 11) is 0. The third kappa shape index (κ3) is 10.6. The van der Waals surface area contributed by atoms with Gasteiger partial charge in [0.25, 0.3) is 5.91 Å². The number of guanidine groups is 1. The molecule has 0 fully saturated rings. The molecule has 4 N–H and O–H groups in total. The van der Waals surface area contributed by atoms with Crippen molar-refractivity contribution in [2.75, 3.05) is 37.7 Å². The lowest BCUT2D eigenvalue weighted by atomic mass is 10.1. The summed E-state index contributed by atoms with van der Waals surface area (Å²) < 4.78 is 10.7. The molecule has 3 rings (SSSR count). The van der Waals surface area contributed by atoms with E-state index < -0.39 is 0 Å². The number of anilines is 1. The Hall–Kier alpha value is -4.08. The zero-order chi connectivity index (χ0) is 29.3. The first-order chi connectivity index (χ1) is 19.3. The molecule has 0 saturated heterocycles. The van der Waals surface area contributed by atoms with Crippen molar-refractivity contribution in [1.82, 2.24) is 4.90 Å². The number of carbonyl (C=O) groups is 3. The Morgan fingerprint density at radius 1 is 0.975 bits per heavy atom. The number of carbonyl (C=O) groups excluding carboxylic acids is 3. The summed E-state index contributed by atoms with van der Waals surface area (Å²) in [4.78, 5) is 44.8. The number of benzene rings is 2. The van der Waals surface area contributed by atoms with Gasteiger partial charge in [-0.05, 0) is 49.6 Å². The largest absolute Gasteiger partial charge is 0.494 e.